The molecule has 1 N–H and O–H groups in total. The molecule has 0 bridgehead atoms. The molecule has 0 aromatic carbocycles. The fourth-order valence-electron chi connectivity index (χ4n) is 2.43. The van der Waals surface area contributed by atoms with Crippen molar-refractivity contribution in [1.29, 1.82) is 0 Å². The Morgan fingerprint density at radius 1 is 1.47 bits per heavy atom. The van der Waals surface area contributed by atoms with Gasteiger partial charge in [-0.25, -0.2) is 0 Å². The molecule has 0 spiro atoms. The molecule has 1 aromatic heterocycles. The summed E-state index contributed by atoms with van der Waals surface area (Å²) in [6, 6.07) is 3.58. The molecule has 1 saturated carbocycles. The Balaban J connectivity index is 2.29. The zero-order valence-electron chi connectivity index (χ0n) is 9.56. The quantitative estimate of drug-likeness (QED) is 0.809. The number of hydrogen-bond acceptors (Lipinski definition) is 3. The summed E-state index contributed by atoms with van der Waals surface area (Å²) in [5.41, 5.74) is -0.411. The molecule has 0 amide bonds. The summed E-state index contributed by atoms with van der Waals surface area (Å²) in [6.07, 6.45) is 5.96. The molecule has 0 saturated heterocycles. The number of pyridine rings is 1. The van der Waals surface area contributed by atoms with Crippen LogP contribution in [0.15, 0.2) is 24.5 Å². The van der Waals surface area contributed by atoms with Crippen molar-refractivity contribution in [2.24, 2.45) is 5.41 Å². The molecule has 17 heavy (non-hydrogen) atoms. The van der Waals surface area contributed by atoms with E-state index in [9.17, 15) is 14.7 Å². The van der Waals surface area contributed by atoms with E-state index in [1.165, 1.54) is 0 Å². The summed E-state index contributed by atoms with van der Waals surface area (Å²) in [5, 5.41) is 9.38. The van der Waals surface area contributed by atoms with E-state index in [1.807, 2.05) is 6.07 Å². The van der Waals surface area contributed by atoms with Gasteiger partial charge >= 0.3 is 5.97 Å². The summed E-state index contributed by atoms with van der Waals surface area (Å²) in [4.78, 5) is 27.4. The highest BCUT2D eigenvalue weighted by Crippen LogP contribution is 2.36. The second-order valence-electron chi connectivity index (χ2n) is 4.56. The van der Waals surface area contributed by atoms with Gasteiger partial charge in [0.15, 0.2) is 5.78 Å². The topological polar surface area (TPSA) is 67.3 Å². The molecule has 0 aliphatic heterocycles. The molecule has 1 aliphatic carbocycles. The van der Waals surface area contributed by atoms with Crippen LogP contribution in [-0.4, -0.2) is 21.8 Å². The number of hydrogen-bond donors (Lipinski definition) is 1. The highest BCUT2D eigenvalue weighted by atomic mass is 16.4. The lowest BCUT2D eigenvalue weighted by Crippen LogP contribution is -2.43. The summed E-state index contributed by atoms with van der Waals surface area (Å²) < 4.78 is 0. The van der Waals surface area contributed by atoms with Gasteiger partial charge in [0.2, 0.25) is 0 Å². The first-order valence-electron chi connectivity index (χ1n) is 5.81. The molecule has 1 aromatic rings. The third kappa shape index (κ3) is 2.20. The van der Waals surface area contributed by atoms with Gasteiger partial charge in [-0.3, -0.25) is 14.6 Å². The normalized spacial score (nSPS) is 24.6. The van der Waals surface area contributed by atoms with Crippen LogP contribution in [-0.2, 0) is 16.0 Å². The highest BCUT2D eigenvalue weighted by Gasteiger charge is 2.46. The minimum atomic E-state index is -1.22. The Bertz CT molecular complexity index is 430. The van der Waals surface area contributed by atoms with Gasteiger partial charge in [-0.2, -0.15) is 0 Å². The van der Waals surface area contributed by atoms with E-state index in [0.29, 0.717) is 12.8 Å². The highest BCUT2D eigenvalue weighted by molar-refractivity contribution is 6.03. The van der Waals surface area contributed by atoms with Gasteiger partial charge in [-0.1, -0.05) is 12.5 Å². The number of carboxylic acids is 1. The predicted molar refractivity (Wildman–Crippen MR) is 61.5 cm³/mol. The Labute approximate surface area is 99.7 Å². The van der Waals surface area contributed by atoms with Crippen molar-refractivity contribution in [3.63, 3.8) is 0 Å². The van der Waals surface area contributed by atoms with Gasteiger partial charge in [0, 0.05) is 18.8 Å². The Morgan fingerprint density at radius 3 is 2.88 bits per heavy atom. The molecular weight excluding hydrogens is 218 g/mol. The zero-order valence-corrected chi connectivity index (χ0v) is 9.56. The molecule has 90 valence electrons. The fourth-order valence-corrected chi connectivity index (χ4v) is 2.43. The third-order valence-electron chi connectivity index (χ3n) is 3.43. The number of rotatable bonds is 3. The second kappa shape index (κ2) is 4.65. The summed E-state index contributed by atoms with van der Waals surface area (Å²) >= 11 is 0. The number of carbonyl (C=O) groups is 2. The van der Waals surface area contributed by atoms with Gasteiger partial charge in [0.05, 0.1) is 0 Å². The Kier molecular flexibility index (Phi) is 3.22. The smallest absolute Gasteiger partial charge is 0.317 e. The van der Waals surface area contributed by atoms with Crippen molar-refractivity contribution in [1.82, 2.24) is 4.98 Å². The summed E-state index contributed by atoms with van der Waals surface area (Å²) in [6.45, 7) is 0. The molecule has 1 unspecified atom stereocenters. The van der Waals surface area contributed by atoms with Crippen LogP contribution in [0, 0.1) is 5.41 Å². The largest absolute Gasteiger partial charge is 0.480 e. The van der Waals surface area contributed by atoms with E-state index >= 15 is 0 Å². The van der Waals surface area contributed by atoms with E-state index in [1.54, 1.807) is 18.5 Å². The van der Waals surface area contributed by atoms with E-state index in [2.05, 4.69) is 4.98 Å². The number of aromatic nitrogens is 1. The minimum Gasteiger partial charge on any atom is -0.480 e. The first-order valence-corrected chi connectivity index (χ1v) is 5.81. The molecule has 2 rings (SSSR count). The van der Waals surface area contributed by atoms with Crippen LogP contribution in [0.5, 0.6) is 0 Å². The van der Waals surface area contributed by atoms with Crippen LogP contribution in [0.1, 0.15) is 31.2 Å². The lowest BCUT2D eigenvalue weighted by molar-refractivity contribution is -0.157. The molecule has 4 heteroatoms. The average Bonchev–Trinajstić information content (AvgIpc) is 2.33. The van der Waals surface area contributed by atoms with Gasteiger partial charge in [-0.15, -0.1) is 0 Å². The number of carbonyl (C=O) groups excluding carboxylic acids is 1. The van der Waals surface area contributed by atoms with E-state index in [0.717, 1.165) is 18.4 Å². The van der Waals surface area contributed by atoms with E-state index in [4.69, 9.17) is 0 Å². The van der Waals surface area contributed by atoms with Gasteiger partial charge in [0.1, 0.15) is 5.41 Å². The number of ketones is 1. The second-order valence-corrected chi connectivity index (χ2v) is 4.56. The van der Waals surface area contributed by atoms with Gasteiger partial charge in [0.25, 0.3) is 0 Å². The molecule has 0 radical (unpaired) electrons. The number of nitrogens with zero attached hydrogens (tertiary/aromatic N) is 1. The van der Waals surface area contributed by atoms with Crippen molar-refractivity contribution in [2.75, 3.05) is 0 Å². The van der Waals surface area contributed by atoms with Crippen molar-refractivity contribution >= 4 is 11.8 Å². The van der Waals surface area contributed by atoms with Crippen LogP contribution in [0.2, 0.25) is 0 Å². The Hall–Kier alpha value is -1.71. The molecular formula is C13H15NO3. The van der Waals surface area contributed by atoms with Crippen LogP contribution < -0.4 is 0 Å². The maximum absolute atomic E-state index is 12.0. The van der Waals surface area contributed by atoms with Crippen molar-refractivity contribution < 1.29 is 14.7 Å². The number of Topliss-reactive ketones (excluding diaryl/α,β-unsaturated/α-hetero) is 1. The SMILES string of the molecule is O=C(O)C1(Cc2cccnc2)CCCCC1=O. The third-order valence-corrected chi connectivity index (χ3v) is 3.43. The van der Waals surface area contributed by atoms with E-state index in [-0.39, 0.29) is 12.2 Å². The standard InChI is InChI=1S/C13H15NO3/c15-11-5-1-2-6-13(11,12(16)17)8-10-4-3-7-14-9-10/h3-4,7,9H,1-2,5-6,8H2,(H,16,17). The number of carboxylic acid groups (broad SMARTS) is 1. The lowest BCUT2D eigenvalue weighted by Gasteiger charge is -2.31. The monoisotopic (exact) mass is 233 g/mol. The minimum absolute atomic E-state index is 0.139. The number of aliphatic carboxylic acids is 1. The van der Waals surface area contributed by atoms with Crippen LogP contribution in [0.3, 0.4) is 0 Å². The fraction of sp³-hybridized carbons (Fsp3) is 0.462. The first kappa shape index (κ1) is 11.8. The van der Waals surface area contributed by atoms with Crippen molar-refractivity contribution in [3.8, 4) is 0 Å². The lowest BCUT2D eigenvalue weighted by atomic mass is 9.69. The van der Waals surface area contributed by atoms with Crippen LogP contribution in [0.25, 0.3) is 0 Å². The first-order chi connectivity index (χ1) is 8.15. The average molecular weight is 233 g/mol. The van der Waals surface area contributed by atoms with E-state index < -0.39 is 11.4 Å². The van der Waals surface area contributed by atoms with Gasteiger partial charge < -0.3 is 5.11 Å². The zero-order chi connectivity index (χ0) is 12.3. The predicted octanol–water partition coefficient (Wildman–Crippen LogP) is 1.84. The molecule has 1 atom stereocenters. The maximum atomic E-state index is 12.0. The van der Waals surface area contributed by atoms with Crippen LogP contribution >= 0.6 is 0 Å². The van der Waals surface area contributed by atoms with Crippen molar-refractivity contribution in [2.45, 2.75) is 32.1 Å². The van der Waals surface area contributed by atoms with Gasteiger partial charge in [-0.05, 0) is 30.9 Å². The molecule has 4 nitrogen and oxygen atoms in total. The summed E-state index contributed by atoms with van der Waals surface area (Å²) in [7, 11) is 0. The van der Waals surface area contributed by atoms with Crippen LogP contribution in [0.4, 0.5) is 0 Å². The molecule has 1 heterocycles. The van der Waals surface area contributed by atoms with Crippen molar-refractivity contribution in [3.05, 3.63) is 30.1 Å². The molecule has 1 fully saturated rings. The molecule has 1 aliphatic rings. The maximum Gasteiger partial charge on any atom is 0.317 e. The summed E-state index contributed by atoms with van der Waals surface area (Å²) in [5.74, 6) is -1.13. The Morgan fingerprint density at radius 2 is 2.29 bits per heavy atom.